The standard InChI is InChI=1S/C25H24N4O4/c1-2-3-15-29(23-21(24(30)31)9-6-14-26-23)16-17-10-12-18(13-11-17)19-7-4-5-8-20(19)22-27-25(32)33-28-22/h4-14H,2-3,15-16H2,1H3,(H,30,31)(H,27,28,32). The molecule has 8 heteroatoms. The smallest absolute Gasteiger partial charge is 0.460 e. The summed E-state index contributed by atoms with van der Waals surface area (Å²) in [6.45, 7) is 3.34. The second-order valence-corrected chi connectivity index (χ2v) is 7.63. The molecule has 0 aliphatic carbocycles. The SMILES string of the molecule is CCCCN(Cc1ccc(-c2ccccc2-c2nc(=O)o[nH]2)cc1)c1ncccc1C(=O)O. The van der Waals surface area contributed by atoms with Crippen LogP contribution < -0.4 is 10.7 Å². The van der Waals surface area contributed by atoms with Crippen LogP contribution in [0.4, 0.5) is 5.82 Å². The van der Waals surface area contributed by atoms with Crippen LogP contribution in [0.3, 0.4) is 0 Å². The van der Waals surface area contributed by atoms with E-state index in [0.717, 1.165) is 35.1 Å². The molecule has 0 saturated carbocycles. The minimum atomic E-state index is -0.988. The van der Waals surface area contributed by atoms with Gasteiger partial charge in [0.2, 0.25) is 0 Å². The average Bonchev–Trinajstić information content (AvgIpc) is 3.28. The first kappa shape index (κ1) is 22.0. The second kappa shape index (κ2) is 9.95. The van der Waals surface area contributed by atoms with Crippen LogP contribution in [0.25, 0.3) is 22.5 Å². The summed E-state index contributed by atoms with van der Waals surface area (Å²) in [5.41, 5.74) is 3.86. The number of hydrogen-bond donors (Lipinski definition) is 2. The third-order valence-corrected chi connectivity index (χ3v) is 5.36. The molecule has 168 valence electrons. The molecule has 0 atom stereocenters. The fraction of sp³-hybridized carbons (Fsp3) is 0.200. The lowest BCUT2D eigenvalue weighted by molar-refractivity contribution is 0.0697. The first-order valence-electron chi connectivity index (χ1n) is 10.7. The van der Waals surface area contributed by atoms with Gasteiger partial charge in [-0.2, -0.15) is 10.1 Å². The third-order valence-electron chi connectivity index (χ3n) is 5.36. The van der Waals surface area contributed by atoms with Crippen molar-refractivity contribution in [1.82, 2.24) is 15.1 Å². The van der Waals surface area contributed by atoms with Crippen molar-refractivity contribution in [3.05, 3.63) is 88.5 Å². The summed E-state index contributed by atoms with van der Waals surface area (Å²) in [7, 11) is 0. The number of carboxylic acid groups (broad SMARTS) is 1. The molecule has 4 rings (SSSR count). The molecule has 8 nitrogen and oxygen atoms in total. The number of carbonyl (C=O) groups is 1. The van der Waals surface area contributed by atoms with Gasteiger partial charge < -0.3 is 14.5 Å². The van der Waals surface area contributed by atoms with Gasteiger partial charge in [0, 0.05) is 24.8 Å². The first-order valence-corrected chi connectivity index (χ1v) is 10.7. The number of aromatic carboxylic acids is 1. The molecular weight excluding hydrogens is 420 g/mol. The van der Waals surface area contributed by atoms with E-state index in [-0.39, 0.29) is 5.56 Å². The molecule has 0 aliphatic rings. The fourth-order valence-corrected chi connectivity index (χ4v) is 3.72. The normalized spacial score (nSPS) is 10.8. The predicted molar refractivity (Wildman–Crippen MR) is 125 cm³/mol. The molecule has 0 fully saturated rings. The number of benzene rings is 2. The summed E-state index contributed by atoms with van der Waals surface area (Å²) in [4.78, 5) is 33.3. The Balaban J connectivity index is 1.62. The highest BCUT2D eigenvalue weighted by molar-refractivity contribution is 5.93. The molecule has 0 bridgehead atoms. The zero-order valence-electron chi connectivity index (χ0n) is 18.2. The van der Waals surface area contributed by atoms with Crippen molar-refractivity contribution in [3.8, 4) is 22.5 Å². The zero-order chi connectivity index (χ0) is 23.2. The summed E-state index contributed by atoms with van der Waals surface area (Å²) in [5, 5.41) is 12.2. The zero-order valence-corrected chi connectivity index (χ0v) is 18.2. The van der Waals surface area contributed by atoms with Crippen LogP contribution in [-0.4, -0.2) is 32.7 Å². The Morgan fingerprint density at radius 3 is 2.48 bits per heavy atom. The first-order chi connectivity index (χ1) is 16.1. The number of rotatable bonds is 9. The largest absolute Gasteiger partial charge is 0.478 e. The molecule has 0 unspecified atom stereocenters. The number of aromatic amines is 1. The van der Waals surface area contributed by atoms with Crippen molar-refractivity contribution in [1.29, 1.82) is 0 Å². The summed E-state index contributed by atoms with van der Waals surface area (Å²) in [5.74, 6) is -0.806. The summed E-state index contributed by atoms with van der Waals surface area (Å²) >= 11 is 0. The van der Waals surface area contributed by atoms with E-state index in [4.69, 9.17) is 4.52 Å². The van der Waals surface area contributed by atoms with Gasteiger partial charge in [0.15, 0.2) is 5.82 Å². The van der Waals surface area contributed by atoms with E-state index in [2.05, 4.69) is 22.0 Å². The van der Waals surface area contributed by atoms with Gasteiger partial charge in [0.05, 0.1) is 0 Å². The number of pyridine rings is 1. The number of H-pyrrole nitrogens is 1. The minimum absolute atomic E-state index is 0.195. The minimum Gasteiger partial charge on any atom is -0.478 e. The highest BCUT2D eigenvalue weighted by Crippen LogP contribution is 2.30. The van der Waals surface area contributed by atoms with Crippen LogP contribution in [0.15, 0.2) is 76.2 Å². The van der Waals surface area contributed by atoms with E-state index >= 15 is 0 Å². The van der Waals surface area contributed by atoms with Crippen LogP contribution in [0.2, 0.25) is 0 Å². The summed E-state index contributed by atoms with van der Waals surface area (Å²) in [6, 6.07) is 18.9. The molecule has 0 radical (unpaired) electrons. The second-order valence-electron chi connectivity index (χ2n) is 7.63. The number of aromatic nitrogens is 3. The van der Waals surface area contributed by atoms with Crippen LogP contribution in [0.1, 0.15) is 35.7 Å². The highest BCUT2D eigenvalue weighted by Gasteiger charge is 2.18. The Morgan fingerprint density at radius 1 is 1.06 bits per heavy atom. The van der Waals surface area contributed by atoms with E-state index in [1.54, 1.807) is 18.3 Å². The quantitative estimate of drug-likeness (QED) is 0.388. The number of hydrogen-bond acceptors (Lipinski definition) is 6. The van der Waals surface area contributed by atoms with Crippen molar-refractivity contribution in [2.45, 2.75) is 26.3 Å². The molecule has 2 aromatic heterocycles. The molecular formula is C25H24N4O4. The van der Waals surface area contributed by atoms with Gasteiger partial charge in [-0.1, -0.05) is 61.9 Å². The molecule has 2 aromatic carbocycles. The molecule has 0 amide bonds. The summed E-state index contributed by atoms with van der Waals surface area (Å²) in [6.07, 6.45) is 3.54. The topological polar surface area (TPSA) is 112 Å². The lowest BCUT2D eigenvalue weighted by Gasteiger charge is -2.25. The molecule has 0 saturated heterocycles. The Labute approximate surface area is 190 Å². The van der Waals surface area contributed by atoms with Crippen molar-refractivity contribution in [2.24, 2.45) is 0 Å². The van der Waals surface area contributed by atoms with Gasteiger partial charge in [-0.05, 0) is 35.2 Å². The van der Waals surface area contributed by atoms with Crippen molar-refractivity contribution < 1.29 is 14.4 Å². The van der Waals surface area contributed by atoms with Gasteiger partial charge in [0.25, 0.3) is 0 Å². The van der Waals surface area contributed by atoms with E-state index in [1.165, 1.54) is 0 Å². The van der Waals surface area contributed by atoms with Crippen molar-refractivity contribution in [3.63, 3.8) is 0 Å². The van der Waals surface area contributed by atoms with E-state index < -0.39 is 11.7 Å². The number of unbranched alkanes of at least 4 members (excludes halogenated alkanes) is 1. The fourth-order valence-electron chi connectivity index (χ4n) is 3.72. The van der Waals surface area contributed by atoms with Gasteiger partial charge in [0.1, 0.15) is 11.4 Å². The Hall–Kier alpha value is -4.20. The number of carboxylic acids is 1. The number of nitrogens with zero attached hydrogens (tertiary/aromatic N) is 3. The van der Waals surface area contributed by atoms with E-state index in [9.17, 15) is 14.7 Å². The molecule has 2 N–H and O–H groups in total. The number of anilines is 1. The monoisotopic (exact) mass is 444 g/mol. The average molecular weight is 444 g/mol. The predicted octanol–water partition coefficient (Wildman–Crippen LogP) is 4.60. The molecule has 33 heavy (non-hydrogen) atoms. The van der Waals surface area contributed by atoms with Crippen LogP contribution in [-0.2, 0) is 6.54 Å². The van der Waals surface area contributed by atoms with Crippen molar-refractivity contribution >= 4 is 11.8 Å². The molecule has 4 aromatic rings. The molecule has 2 heterocycles. The maximum absolute atomic E-state index is 11.7. The maximum Gasteiger partial charge on any atom is 0.460 e. The van der Waals surface area contributed by atoms with Crippen LogP contribution in [0, 0.1) is 0 Å². The maximum atomic E-state index is 11.7. The lowest BCUT2D eigenvalue weighted by Crippen LogP contribution is -2.26. The van der Waals surface area contributed by atoms with E-state index in [1.807, 2.05) is 53.4 Å². The van der Waals surface area contributed by atoms with Gasteiger partial charge in [-0.25, -0.2) is 14.6 Å². The van der Waals surface area contributed by atoms with Gasteiger partial charge in [-0.15, -0.1) is 0 Å². The molecule has 0 aliphatic heterocycles. The summed E-state index contributed by atoms with van der Waals surface area (Å²) < 4.78 is 4.73. The molecule has 0 spiro atoms. The van der Waals surface area contributed by atoms with Gasteiger partial charge >= 0.3 is 11.7 Å². The Bertz CT molecular complexity index is 1290. The van der Waals surface area contributed by atoms with E-state index in [0.29, 0.717) is 24.7 Å². The van der Waals surface area contributed by atoms with Crippen LogP contribution in [0.5, 0.6) is 0 Å². The number of nitrogens with one attached hydrogen (secondary N) is 1. The lowest BCUT2D eigenvalue weighted by atomic mass is 9.98. The highest BCUT2D eigenvalue weighted by atomic mass is 16.5. The Kier molecular flexibility index (Phi) is 6.64. The Morgan fingerprint density at radius 2 is 1.82 bits per heavy atom. The third kappa shape index (κ3) is 5.01. The van der Waals surface area contributed by atoms with Gasteiger partial charge in [-0.3, -0.25) is 0 Å². The van der Waals surface area contributed by atoms with Crippen molar-refractivity contribution in [2.75, 3.05) is 11.4 Å². The van der Waals surface area contributed by atoms with Crippen LogP contribution >= 0.6 is 0 Å².